The molecule has 2 unspecified atom stereocenters. The van der Waals surface area contributed by atoms with Crippen molar-refractivity contribution < 1.29 is 9.47 Å². The molecule has 144 valence electrons. The zero-order valence-corrected chi connectivity index (χ0v) is 16.5. The Bertz CT molecular complexity index is 1070. The van der Waals surface area contributed by atoms with Gasteiger partial charge < -0.3 is 14.5 Å². The first kappa shape index (κ1) is 16.5. The normalized spacial score (nSPS) is 23.0. The Morgan fingerprint density at radius 1 is 1.14 bits per heavy atom. The van der Waals surface area contributed by atoms with Crippen LogP contribution in [0, 0.1) is 5.92 Å². The van der Waals surface area contributed by atoms with Crippen LogP contribution in [0.15, 0.2) is 36.4 Å². The SMILES string of the molecule is CC(C)CC1c2[nH]c3ccccc3c2CC2c3cc4c(cc3CCN21)OCO4. The fourth-order valence-corrected chi connectivity index (χ4v) is 5.49. The van der Waals surface area contributed by atoms with Crippen molar-refractivity contribution in [1.29, 1.82) is 0 Å². The second-order valence-electron chi connectivity index (χ2n) is 8.82. The van der Waals surface area contributed by atoms with Crippen LogP contribution in [0.3, 0.4) is 0 Å². The molecule has 3 aliphatic rings. The van der Waals surface area contributed by atoms with E-state index in [-0.39, 0.29) is 0 Å². The Morgan fingerprint density at radius 3 is 2.82 bits per heavy atom. The lowest BCUT2D eigenvalue weighted by Gasteiger charge is -2.46. The number of ether oxygens (including phenoxy) is 2. The van der Waals surface area contributed by atoms with Gasteiger partial charge in [-0.2, -0.15) is 0 Å². The minimum Gasteiger partial charge on any atom is -0.454 e. The van der Waals surface area contributed by atoms with Gasteiger partial charge in [-0.15, -0.1) is 0 Å². The molecular formula is C24H26N2O2. The number of fused-ring (bicyclic) bond motifs is 7. The molecule has 2 aromatic carbocycles. The maximum absolute atomic E-state index is 5.71. The number of para-hydroxylation sites is 1. The molecule has 0 bridgehead atoms. The van der Waals surface area contributed by atoms with Crippen molar-refractivity contribution in [2.24, 2.45) is 5.92 Å². The minimum absolute atomic E-state index is 0.342. The number of aromatic nitrogens is 1. The summed E-state index contributed by atoms with van der Waals surface area (Å²) in [6.07, 6.45) is 3.31. The summed E-state index contributed by atoms with van der Waals surface area (Å²) in [4.78, 5) is 6.52. The molecular weight excluding hydrogens is 348 g/mol. The molecule has 4 heteroatoms. The van der Waals surface area contributed by atoms with E-state index >= 15 is 0 Å². The Kier molecular flexibility index (Phi) is 3.54. The third-order valence-corrected chi connectivity index (χ3v) is 6.71. The van der Waals surface area contributed by atoms with Crippen LogP contribution in [-0.4, -0.2) is 23.2 Å². The van der Waals surface area contributed by atoms with E-state index in [1.807, 2.05) is 0 Å². The van der Waals surface area contributed by atoms with Gasteiger partial charge in [-0.05, 0) is 60.1 Å². The average Bonchev–Trinajstić information content (AvgIpc) is 3.29. The Hall–Kier alpha value is -2.46. The molecule has 1 N–H and O–H groups in total. The van der Waals surface area contributed by atoms with Crippen molar-refractivity contribution in [3.8, 4) is 11.5 Å². The number of hydrogen-bond donors (Lipinski definition) is 1. The molecule has 1 aromatic heterocycles. The second-order valence-corrected chi connectivity index (χ2v) is 8.82. The van der Waals surface area contributed by atoms with E-state index < -0.39 is 0 Å². The first-order chi connectivity index (χ1) is 13.7. The maximum Gasteiger partial charge on any atom is 0.231 e. The van der Waals surface area contributed by atoms with E-state index in [9.17, 15) is 0 Å². The van der Waals surface area contributed by atoms with Gasteiger partial charge in [0.25, 0.3) is 0 Å². The first-order valence-corrected chi connectivity index (χ1v) is 10.5. The lowest BCUT2D eigenvalue weighted by atomic mass is 9.80. The van der Waals surface area contributed by atoms with Gasteiger partial charge in [-0.25, -0.2) is 0 Å². The lowest BCUT2D eigenvalue weighted by Crippen LogP contribution is -2.43. The van der Waals surface area contributed by atoms with Gasteiger partial charge in [0.2, 0.25) is 6.79 Å². The molecule has 0 saturated heterocycles. The highest BCUT2D eigenvalue weighted by Gasteiger charge is 2.40. The molecule has 2 atom stereocenters. The van der Waals surface area contributed by atoms with Crippen LogP contribution in [0.2, 0.25) is 0 Å². The van der Waals surface area contributed by atoms with Crippen LogP contribution in [-0.2, 0) is 12.8 Å². The number of benzene rings is 2. The average molecular weight is 374 g/mol. The zero-order chi connectivity index (χ0) is 18.8. The number of aromatic amines is 1. The van der Waals surface area contributed by atoms with Crippen LogP contribution in [0.1, 0.15) is 54.7 Å². The summed E-state index contributed by atoms with van der Waals surface area (Å²) in [5, 5.41) is 1.39. The molecule has 6 rings (SSSR count). The van der Waals surface area contributed by atoms with E-state index in [0.29, 0.717) is 24.8 Å². The van der Waals surface area contributed by atoms with Crippen molar-refractivity contribution >= 4 is 10.9 Å². The first-order valence-electron chi connectivity index (χ1n) is 10.5. The van der Waals surface area contributed by atoms with E-state index in [2.05, 4.69) is 60.1 Å². The summed E-state index contributed by atoms with van der Waals surface area (Å²) in [6, 6.07) is 14.1. The molecule has 28 heavy (non-hydrogen) atoms. The summed E-state index contributed by atoms with van der Waals surface area (Å²) in [5.74, 6) is 2.47. The number of nitrogens with zero attached hydrogens (tertiary/aromatic N) is 1. The predicted octanol–water partition coefficient (Wildman–Crippen LogP) is 5.14. The van der Waals surface area contributed by atoms with Crippen molar-refractivity contribution in [3.05, 3.63) is 58.8 Å². The maximum atomic E-state index is 5.71. The molecule has 4 heterocycles. The Labute approximate surface area is 165 Å². The van der Waals surface area contributed by atoms with E-state index in [1.165, 1.54) is 39.7 Å². The molecule has 0 spiro atoms. The molecule has 3 aromatic rings. The molecule has 0 radical (unpaired) electrons. The monoisotopic (exact) mass is 374 g/mol. The van der Waals surface area contributed by atoms with Crippen LogP contribution >= 0.6 is 0 Å². The molecule has 4 nitrogen and oxygen atoms in total. The summed E-state index contributed by atoms with van der Waals surface area (Å²) in [5.41, 5.74) is 7.08. The fraction of sp³-hybridized carbons (Fsp3) is 0.417. The van der Waals surface area contributed by atoms with Gasteiger partial charge in [-0.3, -0.25) is 4.90 Å². The summed E-state index contributed by atoms with van der Waals surface area (Å²) in [6.45, 7) is 6.11. The van der Waals surface area contributed by atoms with Crippen LogP contribution in [0.5, 0.6) is 11.5 Å². The third kappa shape index (κ3) is 2.34. The van der Waals surface area contributed by atoms with Gasteiger partial charge in [0.15, 0.2) is 11.5 Å². The largest absolute Gasteiger partial charge is 0.454 e. The summed E-state index contributed by atoms with van der Waals surface area (Å²) in [7, 11) is 0. The minimum atomic E-state index is 0.342. The molecule has 0 fully saturated rings. The third-order valence-electron chi connectivity index (χ3n) is 6.71. The highest BCUT2D eigenvalue weighted by molar-refractivity contribution is 5.85. The van der Waals surface area contributed by atoms with E-state index in [1.54, 1.807) is 0 Å². The lowest BCUT2D eigenvalue weighted by molar-refractivity contribution is 0.0904. The highest BCUT2D eigenvalue weighted by Crippen LogP contribution is 2.49. The molecule has 0 aliphatic carbocycles. The van der Waals surface area contributed by atoms with Crippen LogP contribution in [0.4, 0.5) is 0 Å². The van der Waals surface area contributed by atoms with Crippen molar-refractivity contribution in [2.75, 3.05) is 13.3 Å². The second kappa shape index (κ2) is 6.02. The number of hydrogen-bond acceptors (Lipinski definition) is 3. The fourth-order valence-electron chi connectivity index (χ4n) is 5.49. The number of rotatable bonds is 2. The molecule has 0 saturated carbocycles. The van der Waals surface area contributed by atoms with Crippen molar-refractivity contribution in [3.63, 3.8) is 0 Å². The van der Waals surface area contributed by atoms with Crippen molar-refractivity contribution in [2.45, 2.75) is 45.2 Å². The number of H-pyrrole nitrogens is 1. The summed E-state index contributed by atoms with van der Waals surface area (Å²) < 4.78 is 11.3. The topological polar surface area (TPSA) is 37.5 Å². The van der Waals surface area contributed by atoms with E-state index in [4.69, 9.17) is 9.47 Å². The molecule has 0 amide bonds. The predicted molar refractivity (Wildman–Crippen MR) is 110 cm³/mol. The standard InChI is InChI=1S/C24H26N2O2/c1-14(2)9-21-24-18(16-5-3-4-6-19(16)25-24)11-20-17-12-23-22(27-13-28-23)10-15(17)7-8-26(20)21/h3-6,10,12,14,20-21,25H,7-9,11,13H2,1-2H3. The summed E-state index contributed by atoms with van der Waals surface area (Å²) >= 11 is 0. The quantitative estimate of drug-likeness (QED) is 0.675. The Morgan fingerprint density at radius 2 is 1.96 bits per heavy atom. The van der Waals surface area contributed by atoms with Crippen LogP contribution < -0.4 is 9.47 Å². The highest BCUT2D eigenvalue weighted by atomic mass is 16.7. The smallest absolute Gasteiger partial charge is 0.231 e. The molecule has 3 aliphatic heterocycles. The number of nitrogens with one attached hydrogen (secondary N) is 1. The van der Waals surface area contributed by atoms with Crippen molar-refractivity contribution in [1.82, 2.24) is 9.88 Å². The van der Waals surface area contributed by atoms with Gasteiger partial charge in [0.1, 0.15) is 0 Å². The zero-order valence-electron chi connectivity index (χ0n) is 16.5. The van der Waals surface area contributed by atoms with Gasteiger partial charge in [-0.1, -0.05) is 32.0 Å². The van der Waals surface area contributed by atoms with Gasteiger partial charge in [0, 0.05) is 29.2 Å². The van der Waals surface area contributed by atoms with Gasteiger partial charge >= 0.3 is 0 Å². The van der Waals surface area contributed by atoms with Gasteiger partial charge in [0.05, 0.1) is 6.04 Å². The Balaban J connectivity index is 1.52. The van der Waals surface area contributed by atoms with E-state index in [0.717, 1.165) is 30.9 Å². The van der Waals surface area contributed by atoms with Crippen LogP contribution in [0.25, 0.3) is 10.9 Å².